The van der Waals surface area contributed by atoms with Crippen LogP contribution >= 0.6 is 24.0 Å². The predicted octanol–water partition coefficient (Wildman–Crippen LogP) is 4.92. The van der Waals surface area contributed by atoms with Crippen LogP contribution in [0.3, 0.4) is 0 Å². The molecule has 1 aliphatic heterocycles. The highest BCUT2D eigenvalue weighted by Gasteiger charge is 2.19. The molecule has 1 saturated heterocycles. The van der Waals surface area contributed by atoms with Gasteiger partial charge in [0.15, 0.2) is 0 Å². The molecule has 5 rings (SSSR count). The van der Waals surface area contributed by atoms with Gasteiger partial charge in [-0.1, -0.05) is 29.8 Å². The van der Waals surface area contributed by atoms with Crippen molar-refractivity contribution in [2.75, 3.05) is 43.5 Å². The number of carbonyl (C=O) groups excluding carboxylic acids is 2. The number of para-hydroxylation sites is 1. The number of carbonyl (C=O) groups is 2. The van der Waals surface area contributed by atoms with Gasteiger partial charge in [0.1, 0.15) is 11.6 Å². The number of phenolic OH excluding ortho intramolecular Hbond substituents is 1. The van der Waals surface area contributed by atoms with Crippen LogP contribution in [0, 0.1) is 0 Å². The van der Waals surface area contributed by atoms with Crippen LogP contribution in [-0.2, 0) is 11.3 Å². The number of halogens is 2. The number of hydrogen-bond acceptors (Lipinski definition) is 7. The largest absolute Gasteiger partial charge is 0.506 e. The van der Waals surface area contributed by atoms with Crippen molar-refractivity contribution in [1.29, 1.82) is 0 Å². The van der Waals surface area contributed by atoms with E-state index in [1.54, 1.807) is 47.2 Å². The third-order valence-corrected chi connectivity index (χ3v) is 7.17. The summed E-state index contributed by atoms with van der Waals surface area (Å²) in [6, 6.07) is 17.7. The number of anilines is 2. The van der Waals surface area contributed by atoms with E-state index in [4.69, 9.17) is 16.3 Å². The molecule has 0 unspecified atom stereocenters. The SMILES string of the molecule is Cl.O=C(Nc1c(O)cccc1C(=O)Nc1ccc(Cl)cn1)c1ccc(-c2cccn(CCCN3CCOCC3)c2=O)cc1. The molecule has 0 aliphatic carbocycles. The molecule has 3 heterocycles. The van der Waals surface area contributed by atoms with Crippen LogP contribution in [-0.4, -0.2) is 64.2 Å². The molecule has 2 amide bonds. The number of benzene rings is 2. The minimum atomic E-state index is -0.573. The molecule has 1 fully saturated rings. The third-order valence-electron chi connectivity index (χ3n) is 6.95. The number of rotatable bonds is 9. The molecule has 0 radical (unpaired) electrons. The molecule has 1 aliphatic rings. The maximum atomic E-state index is 13.2. The Labute approximate surface area is 259 Å². The molecule has 3 N–H and O–H groups in total. The minimum absolute atomic E-state index is 0. The molecular formula is C31H31Cl2N5O5. The number of nitrogens with one attached hydrogen (secondary N) is 2. The van der Waals surface area contributed by atoms with Crippen molar-refractivity contribution >= 4 is 47.3 Å². The Bertz CT molecular complexity index is 1620. The monoisotopic (exact) mass is 623 g/mol. The van der Waals surface area contributed by atoms with Crippen molar-refractivity contribution in [2.24, 2.45) is 0 Å². The summed E-state index contributed by atoms with van der Waals surface area (Å²) >= 11 is 5.85. The molecule has 0 saturated carbocycles. The summed E-state index contributed by atoms with van der Waals surface area (Å²) in [7, 11) is 0. The summed E-state index contributed by atoms with van der Waals surface area (Å²) in [6.07, 6.45) is 4.03. The van der Waals surface area contributed by atoms with Crippen molar-refractivity contribution in [3.63, 3.8) is 0 Å². The van der Waals surface area contributed by atoms with Crippen molar-refractivity contribution in [2.45, 2.75) is 13.0 Å². The van der Waals surface area contributed by atoms with E-state index in [-0.39, 0.29) is 46.3 Å². The minimum Gasteiger partial charge on any atom is -0.506 e. The Morgan fingerprint density at radius 3 is 2.42 bits per heavy atom. The standard InChI is InChI=1S/C31H30ClN5O5.ClH/c32-23-11-12-27(33-20-23)34-30(40)25-4-1-6-26(38)28(25)35-29(39)22-9-7-21(8-10-22)24-5-2-14-37(31(24)41)15-3-13-36-16-18-42-19-17-36;/h1-2,4-12,14,20,38H,3,13,15-19H2,(H,35,39)(H,33,34,40);1H. The van der Waals surface area contributed by atoms with Crippen LogP contribution in [0.15, 0.2) is 83.9 Å². The maximum Gasteiger partial charge on any atom is 0.259 e. The zero-order valence-corrected chi connectivity index (χ0v) is 24.7. The number of aromatic nitrogens is 2. The Balaban J connectivity index is 0.00000423. The second kappa shape index (κ2) is 14.8. The fourth-order valence-corrected chi connectivity index (χ4v) is 4.81. The first-order valence-electron chi connectivity index (χ1n) is 13.6. The second-order valence-electron chi connectivity index (χ2n) is 9.77. The molecule has 0 spiro atoms. The van der Waals surface area contributed by atoms with Crippen molar-refractivity contribution in [1.82, 2.24) is 14.5 Å². The van der Waals surface area contributed by atoms with Crippen LogP contribution in [0.1, 0.15) is 27.1 Å². The lowest BCUT2D eigenvalue weighted by molar-refractivity contribution is 0.0369. The number of aryl methyl sites for hydroxylation is 1. The fourth-order valence-electron chi connectivity index (χ4n) is 4.70. The summed E-state index contributed by atoms with van der Waals surface area (Å²) in [5.41, 5.74) is 1.41. The number of phenols is 1. The number of hydrogen-bond donors (Lipinski definition) is 3. The van der Waals surface area contributed by atoms with Gasteiger partial charge in [0.05, 0.1) is 29.5 Å². The first kappa shape index (κ1) is 31.7. The number of nitrogens with zero attached hydrogens (tertiary/aromatic N) is 3. The van der Waals surface area contributed by atoms with E-state index in [9.17, 15) is 19.5 Å². The lowest BCUT2D eigenvalue weighted by Crippen LogP contribution is -2.37. The number of ether oxygens (including phenoxy) is 1. The van der Waals surface area contributed by atoms with Crippen LogP contribution < -0.4 is 16.2 Å². The van der Waals surface area contributed by atoms with Gasteiger partial charge in [-0.15, -0.1) is 12.4 Å². The highest BCUT2D eigenvalue weighted by atomic mass is 35.5. The highest BCUT2D eigenvalue weighted by Crippen LogP contribution is 2.29. The van der Waals surface area contributed by atoms with Crippen LogP contribution in [0.2, 0.25) is 5.02 Å². The summed E-state index contributed by atoms with van der Waals surface area (Å²) in [6.45, 7) is 4.82. The first-order valence-corrected chi connectivity index (χ1v) is 13.9. The van der Waals surface area contributed by atoms with Crippen LogP contribution in [0.4, 0.5) is 11.5 Å². The molecule has 12 heteroatoms. The zero-order chi connectivity index (χ0) is 29.5. The van der Waals surface area contributed by atoms with Crippen LogP contribution in [0.25, 0.3) is 11.1 Å². The van der Waals surface area contributed by atoms with Gasteiger partial charge in [-0.2, -0.15) is 0 Å². The predicted molar refractivity (Wildman–Crippen MR) is 169 cm³/mol. The first-order chi connectivity index (χ1) is 20.4. The lowest BCUT2D eigenvalue weighted by Gasteiger charge is -2.26. The summed E-state index contributed by atoms with van der Waals surface area (Å²) < 4.78 is 7.10. The normalized spacial score (nSPS) is 13.1. The smallest absolute Gasteiger partial charge is 0.259 e. The van der Waals surface area contributed by atoms with E-state index in [1.807, 2.05) is 6.07 Å². The lowest BCUT2D eigenvalue weighted by atomic mass is 10.0. The molecule has 2 aromatic carbocycles. The van der Waals surface area contributed by atoms with E-state index >= 15 is 0 Å². The quantitative estimate of drug-likeness (QED) is 0.226. The Morgan fingerprint density at radius 1 is 0.930 bits per heavy atom. The molecule has 2 aromatic heterocycles. The van der Waals surface area contributed by atoms with Gasteiger partial charge in [0.2, 0.25) is 0 Å². The van der Waals surface area contributed by atoms with Gasteiger partial charge in [0, 0.05) is 49.7 Å². The molecule has 224 valence electrons. The molecule has 10 nitrogen and oxygen atoms in total. The van der Waals surface area contributed by atoms with Crippen molar-refractivity contribution in [3.05, 3.63) is 106 Å². The van der Waals surface area contributed by atoms with E-state index in [1.165, 1.54) is 30.5 Å². The zero-order valence-electron chi connectivity index (χ0n) is 23.2. The summed E-state index contributed by atoms with van der Waals surface area (Å²) in [5, 5.41) is 16.1. The third kappa shape index (κ3) is 7.99. The number of amides is 2. The topological polar surface area (TPSA) is 126 Å². The van der Waals surface area contributed by atoms with Gasteiger partial charge in [-0.05, 0) is 60.5 Å². The molecule has 43 heavy (non-hydrogen) atoms. The van der Waals surface area contributed by atoms with Crippen molar-refractivity contribution < 1.29 is 19.4 Å². The molecule has 0 atom stereocenters. The Hall–Kier alpha value is -4.22. The average Bonchev–Trinajstić information content (AvgIpc) is 3.01. The average molecular weight is 625 g/mol. The molecule has 4 aromatic rings. The van der Waals surface area contributed by atoms with E-state index in [2.05, 4.69) is 20.5 Å². The number of morpholine rings is 1. The van der Waals surface area contributed by atoms with Gasteiger partial charge >= 0.3 is 0 Å². The fraction of sp³-hybridized carbons (Fsp3) is 0.226. The number of pyridine rings is 2. The summed E-state index contributed by atoms with van der Waals surface area (Å²) in [5.74, 6) is -1.11. The van der Waals surface area contributed by atoms with E-state index in [0.717, 1.165) is 39.3 Å². The summed E-state index contributed by atoms with van der Waals surface area (Å²) in [4.78, 5) is 45.6. The molecular weight excluding hydrogens is 593 g/mol. The van der Waals surface area contributed by atoms with Gasteiger partial charge in [-0.3, -0.25) is 19.3 Å². The number of aromatic hydroxyl groups is 1. The van der Waals surface area contributed by atoms with E-state index in [0.29, 0.717) is 22.7 Å². The van der Waals surface area contributed by atoms with Crippen LogP contribution in [0.5, 0.6) is 5.75 Å². The van der Waals surface area contributed by atoms with E-state index < -0.39 is 11.8 Å². The van der Waals surface area contributed by atoms with Gasteiger partial charge in [-0.25, -0.2) is 4.98 Å². The second-order valence-corrected chi connectivity index (χ2v) is 10.2. The Kier molecular flexibility index (Phi) is 10.9. The Morgan fingerprint density at radius 2 is 1.70 bits per heavy atom. The van der Waals surface area contributed by atoms with Crippen molar-refractivity contribution in [3.8, 4) is 16.9 Å². The molecule has 0 bridgehead atoms. The highest BCUT2D eigenvalue weighted by molar-refractivity contribution is 6.30. The maximum absolute atomic E-state index is 13.2. The van der Waals surface area contributed by atoms with Gasteiger partial charge < -0.3 is 25.0 Å². The van der Waals surface area contributed by atoms with Gasteiger partial charge in [0.25, 0.3) is 17.4 Å².